The van der Waals surface area contributed by atoms with E-state index in [1.807, 2.05) is 0 Å². The summed E-state index contributed by atoms with van der Waals surface area (Å²) in [5, 5.41) is 0.217. The molecule has 4 nitrogen and oxygen atoms in total. The Morgan fingerprint density at radius 2 is 1.94 bits per heavy atom. The van der Waals surface area contributed by atoms with Crippen LogP contribution in [0.4, 0.5) is 5.82 Å². The Morgan fingerprint density at radius 1 is 1.18 bits per heavy atom. The number of nitrogens with one attached hydrogen (secondary N) is 1. The molecule has 0 spiro atoms. The molecule has 2 aromatic heterocycles. The summed E-state index contributed by atoms with van der Waals surface area (Å²) >= 11 is 12.3. The number of pyridine rings is 1. The van der Waals surface area contributed by atoms with Gasteiger partial charge in [0, 0.05) is 0 Å². The van der Waals surface area contributed by atoms with Crippen LogP contribution in [0.1, 0.15) is 0 Å². The van der Waals surface area contributed by atoms with Crippen LogP contribution < -0.4 is 4.72 Å². The maximum absolute atomic E-state index is 11.9. The molecule has 0 aliphatic carbocycles. The van der Waals surface area contributed by atoms with Crippen molar-refractivity contribution in [2.45, 2.75) is 4.21 Å². The molecule has 0 aromatic carbocycles. The molecule has 0 radical (unpaired) electrons. The lowest BCUT2D eigenvalue weighted by atomic mass is 10.5. The van der Waals surface area contributed by atoms with Crippen LogP contribution in [0.5, 0.6) is 0 Å². The number of rotatable bonds is 3. The first-order valence-electron chi connectivity index (χ1n) is 4.38. The van der Waals surface area contributed by atoms with Gasteiger partial charge in [-0.2, -0.15) is 0 Å². The van der Waals surface area contributed by atoms with Gasteiger partial charge in [0.1, 0.15) is 15.2 Å². The largest absolute Gasteiger partial charge is 0.272 e. The Kier molecular flexibility index (Phi) is 3.58. The summed E-state index contributed by atoms with van der Waals surface area (Å²) < 4.78 is 26.6. The monoisotopic (exact) mass is 308 g/mol. The third-order valence-corrected chi connectivity index (χ3v) is 5.06. The van der Waals surface area contributed by atoms with E-state index in [0.29, 0.717) is 4.34 Å². The van der Waals surface area contributed by atoms with Gasteiger partial charge in [0.15, 0.2) is 0 Å². The zero-order valence-electron chi connectivity index (χ0n) is 8.22. The number of nitrogens with zero attached hydrogens (tertiary/aromatic N) is 1. The van der Waals surface area contributed by atoms with Crippen LogP contribution in [0.15, 0.2) is 34.5 Å². The second kappa shape index (κ2) is 4.81. The average molecular weight is 309 g/mol. The summed E-state index contributed by atoms with van der Waals surface area (Å²) in [6.45, 7) is 0. The molecular weight excluding hydrogens is 303 g/mol. The Hall–Kier alpha value is -0.820. The zero-order chi connectivity index (χ0) is 12.5. The maximum Gasteiger partial charge on any atom is 0.272 e. The van der Waals surface area contributed by atoms with Gasteiger partial charge in [-0.15, -0.1) is 11.3 Å². The number of aromatic nitrogens is 1. The van der Waals surface area contributed by atoms with Crippen molar-refractivity contribution < 1.29 is 8.42 Å². The van der Waals surface area contributed by atoms with Crippen LogP contribution in [-0.2, 0) is 10.0 Å². The highest BCUT2D eigenvalue weighted by molar-refractivity contribution is 7.94. The Labute approximate surface area is 112 Å². The summed E-state index contributed by atoms with van der Waals surface area (Å²) in [4.78, 5) is 3.84. The van der Waals surface area contributed by atoms with Gasteiger partial charge in [-0.3, -0.25) is 4.72 Å². The Balaban J connectivity index is 2.29. The van der Waals surface area contributed by atoms with Crippen LogP contribution in [0.2, 0.25) is 9.49 Å². The number of anilines is 1. The lowest BCUT2D eigenvalue weighted by Crippen LogP contribution is -2.12. The minimum absolute atomic E-state index is 0.129. The van der Waals surface area contributed by atoms with Crippen molar-refractivity contribution in [2.24, 2.45) is 0 Å². The highest BCUT2D eigenvalue weighted by Crippen LogP contribution is 2.26. The Morgan fingerprint density at radius 3 is 2.53 bits per heavy atom. The molecule has 90 valence electrons. The summed E-state index contributed by atoms with van der Waals surface area (Å²) in [5.74, 6) is 0.169. The SMILES string of the molecule is O=S(=O)(Nc1cccc(Cl)n1)c1ccc(Cl)s1. The summed E-state index contributed by atoms with van der Waals surface area (Å²) in [6, 6.07) is 7.63. The molecule has 0 bridgehead atoms. The van der Waals surface area contributed by atoms with Crippen molar-refractivity contribution in [2.75, 3.05) is 4.72 Å². The van der Waals surface area contributed by atoms with Crippen LogP contribution in [-0.4, -0.2) is 13.4 Å². The van der Waals surface area contributed by atoms with Crippen LogP contribution >= 0.6 is 34.5 Å². The van der Waals surface area contributed by atoms with E-state index in [2.05, 4.69) is 9.71 Å². The minimum Gasteiger partial charge on any atom is -0.263 e. The van der Waals surface area contributed by atoms with Gasteiger partial charge in [0.05, 0.1) is 4.34 Å². The molecular formula is C9H6Cl2N2O2S2. The lowest BCUT2D eigenvalue weighted by Gasteiger charge is -2.04. The third kappa shape index (κ3) is 3.10. The van der Waals surface area contributed by atoms with E-state index in [1.54, 1.807) is 12.1 Å². The first-order valence-corrected chi connectivity index (χ1v) is 7.44. The standard InChI is InChI=1S/C9H6Cl2N2O2S2/c10-6-2-1-3-8(12-6)13-17(14,15)9-5-4-7(11)16-9/h1-5H,(H,12,13). The topological polar surface area (TPSA) is 59.1 Å². The van der Waals surface area contributed by atoms with Gasteiger partial charge >= 0.3 is 0 Å². The molecule has 2 heterocycles. The van der Waals surface area contributed by atoms with Crippen molar-refractivity contribution in [3.63, 3.8) is 0 Å². The number of hydrogen-bond acceptors (Lipinski definition) is 4. The van der Waals surface area contributed by atoms with Gasteiger partial charge in [0.25, 0.3) is 10.0 Å². The first kappa shape index (κ1) is 12.6. The summed E-state index contributed by atoms with van der Waals surface area (Å²) in [6.07, 6.45) is 0. The third-order valence-electron chi connectivity index (χ3n) is 1.77. The summed E-state index contributed by atoms with van der Waals surface area (Å²) in [5.41, 5.74) is 0. The molecule has 17 heavy (non-hydrogen) atoms. The molecule has 8 heteroatoms. The zero-order valence-corrected chi connectivity index (χ0v) is 11.4. The number of sulfonamides is 1. The molecule has 0 unspecified atom stereocenters. The van der Waals surface area contributed by atoms with E-state index < -0.39 is 10.0 Å². The molecule has 1 N–H and O–H groups in total. The minimum atomic E-state index is -3.65. The van der Waals surface area contributed by atoms with E-state index in [9.17, 15) is 8.42 Å². The van der Waals surface area contributed by atoms with Gasteiger partial charge in [-0.25, -0.2) is 13.4 Å². The lowest BCUT2D eigenvalue weighted by molar-refractivity contribution is 0.603. The van der Waals surface area contributed by atoms with E-state index in [1.165, 1.54) is 18.2 Å². The second-order valence-corrected chi connectivity index (χ2v) is 7.02. The van der Waals surface area contributed by atoms with E-state index >= 15 is 0 Å². The highest BCUT2D eigenvalue weighted by Gasteiger charge is 2.17. The highest BCUT2D eigenvalue weighted by atomic mass is 35.5. The maximum atomic E-state index is 11.9. The van der Waals surface area contributed by atoms with Crippen molar-refractivity contribution in [3.8, 4) is 0 Å². The van der Waals surface area contributed by atoms with Crippen molar-refractivity contribution >= 4 is 50.4 Å². The molecule has 0 aliphatic rings. The first-order chi connectivity index (χ1) is 7.97. The second-order valence-electron chi connectivity index (χ2n) is 3.01. The molecule has 0 fully saturated rings. The van der Waals surface area contributed by atoms with E-state index in [-0.39, 0.29) is 15.2 Å². The Bertz CT molecular complexity index is 640. The van der Waals surface area contributed by atoms with Crippen LogP contribution in [0, 0.1) is 0 Å². The van der Waals surface area contributed by atoms with E-state index in [4.69, 9.17) is 23.2 Å². The predicted molar refractivity (Wildman–Crippen MR) is 69.4 cm³/mol. The number of halogens is 2. The molecule has 2 rings (SSSR count). The summed E-state index contributed by atoms with van der Waals surface area (Å²) in [7, 11) is -3.65. The fourth-order valence-corrected chi connectivity index (χ4v) is 3.74. The van der Waals surface area contributed by atoms with Crippen LogP contribution in [0.3, 0.4) is 0 Å². The molecule has 0 saturated carbocycles. The molecule has 0 atom stereocenters. The number of thiophene rings is 1. The molecule has 0 aliphatic heterocycles. The van der Waals surface area contributed by atoms with Gasteiger partial charge in [-0.1, -0.05) is 29.3 Å². The van der Waals surface area contributed by atoms with Crippen molar-refractivity contribution in [3.05, 3.63) is 39.8 Å². The van der Waals surface area contributed by atoms with Crippen LogP contribution in [0.25, 0.3) is 0 Å². The van der Waals surface area contributed by atoms with E-state index in [0.717, 1.165) is 11.3 Å². The molecule has 0 saturated heterocycles. The fourth-order valence-electron chi connectivity index (χ4n) is 1.10. The molecule has 2 aromatic rings. The normalized spacial score (nSPS) is 11.4. The predicted octanol–water partition coefficient (Wildman–Crippen LogP) is 3.25. The van der Waals surface area contributed by atoms with Gasteiger partial charge < -0.3 is 0 Å². The van der Waals surface area contributed by atoms with Gasteiger partial charge in [0.2, 0.25) is 0 Å². The van der Waals surface area contributed by atoms with Crippen molar-refractivity contribution in [1.29, 1.82) is 0 Å². The van der Waals surface area contributed by atoms with Gasteiger partial charge in [-0.05, 0) is 24.3 Å². The fraction of sp³-hybridized carbons (Fsp3) is 0. The number of hydrogen-bond donors (Lipinski definition) is 1. The smallest absolute Gasteiger partial charge is 0.263 e. The van der Waals surface area contributed by atoms with Crippen molar-refractivity contribution in [1.82, 2.24) is 4.98 Å². The average Bonchev–Trinajstić information content (AvgIpc) is 2.65. The quantitative estimate of drug-likeness (QED) is 0.885. The molecule has 0 amide bonds.